The van der Waals surface area contributed by atoms with Gasteiger partial charge in [0.15, 0.2) is 0 Å². The Morgan fingerprint density at radius 3 is 2.87 bits per heavy atom. The highest BCUT2D eigenvalue weighted by atomic mass is 16.4. The van der Waals surface area contributed by atoms with E-state index in [2.05, 4.69) is 5.10 Å². The number of aliphatic hydroxyl groups is 1. The molecule has 1 heterocycles. The number of hydrogen-bond donors (Lipinski definition) is 2. The van der Waals surface area contributed by atoms with Crippen molar-refractivity contribution in [2.24, 2.45) is 13.0 Å². The van der Waals surface area contributed by atoms with E-state index in [4.69, 9.17) is 5.11 Å². The summed E-state index contributed by atoms with van der Waals surface area (Å²) in [5, 5.41) is 22.7. The average molecular weight is 210 g/mol. The first-order valence-electron chi connectivity index (χ1n) is 4.91. The van der Waals surface area contributed by atoms with Crippen molar-refractivity contribution in [1.29, 1.82) is 0 Å². The first-order chi connectivity index (χ1) is 6.98. The van der Waals surface area contributed by atoms with Gasteiger partial charge in [0.1, 0.15) is 0 Å². The van der Waals surface area contributed by atoms with Crippen molar-refractivity contribution in [1.82, 2.24) is 9.78 Å². The number of carboxylic acid groups (broad SMARTS) is 1. The maximum Gasteiger partial charge on any atom is 0.306 e. The van der Waals surface area contributed by atoms with Gasteiger partial charge in [-0.2, -0.15) is 5.10 Å². The van der Waals surface area contributed by atoms with Gasteiger partial charge in [-0.25, -0.2) is 0 Å². The number of aliphatic carboxylic acids is 1. The van der Waals surface area contributed by atoms with E-state index >= 15 is 0 Å². The number of nitrogens with zero attached hydrogens (tertiary/aromatic N) is 2. The molecule has 0 saturated heterocycles. The summed E-state index contributed by atoms with van der Waals surface area (Å²) in [5.74, 6) is -1.20. The van der Waals surface area contributed by atoms with E-state index < -0.39 is 11.6 Å². The maximum atomic E-state index is 10.6. The zero-order valence-electron chi connectivity index (χ0n) is 8.55. The molecule has 0 radical (unpaired) electrons. The Kier molecular flexibility index (Phi) is 2.26. The molecular weight excluding hydrogens is 196 g/mol. The fourth-order valence-corrected chi connectivity index (χ4v) is 2.12. The van der Waals surface area contributed by atoms with Gasteiger partial charge in [-0.1, -0.05) is 0 Å². The summed E-state index contributed by atoms with van der Waals surface area (Å²) < 4.78 is 1.67. The molecule has 1 aromatic rings. The van der Waals surface area contributed by atoms with Gasteiger partial charge in [-0.05, 0) is 18.4 Å². The van der Waals surface area contributed by atoms with Crippen LogP contribution in [0.5, 0.6) is 0 Å². The van der Waals surface area contributed by atoms with Crippen LogP contribution < -0.4 is 0 Å². The third kappa shape index (κ3) is 2.02. The Labute approximate surface area is 87.3 Å². The van der Waals surface area contributed by atoms with Crippen LogP contribution in [0.1, 0.15) is 18.4 Å². The number of aromatic nitrogens is 2. The minimum Gasteiger partial charge on any atom is -0.481 e. The quantitative estimate of drug-likeness (QED) is 0.746. The van der Waals surface area contributed by atoms with E-state index in [0.717, 1.165) is 5.56 Å². The van der Waals surface area contributed by atoms with Gasteiger partial charge in [-0.3, -0.25) is 9.48 Å². The Morgan fingerprint density at radius 2 is 2.40 bits per heavy atom. The lowest BCUT2D eigenvalue weighted by Crippen LogP contribution is -2.48. The summed E-state index contributed by atoms with van der Waals surface area (Å²) in [6.07, 6.45) is 4.72. The largest absolute Gasteiger partial charge is 0.481 e. The molecule has 0 aliphatic heterocycles. The van der Waals surface area contributed by atoms with Crippen LogP contribution in [-0.2, 0) is 18.3 Å². The van der Waals surface area contributed by atoms with Crippen LogP contribution in [0.3, 0.4) is 0 Å². The molecular formula is C10H14N2O3. The highest BCUT2D eigenvalue weighted by Crippen LogP contribution is 2.40. The Bertz CT molecular complexity index is 380. The standard InChI is InChI=1S/C10H14N2O3/c1-12-6-7(5-11-12)2-10(15)3-8(4-10)9(13)14/h5-6,8,15H,2-4H2,1H3,(H,13,14). The zero-order chi connectivity index (χ0) is 11.1. The number of carbonyl (C=O) groups is 1. The number of hydrogen-bond acceptors (Lipinski definition) is 3. The average Bonchev–Trinajstić information content (AvgIpc) is 2.46. The van der Waals surface area contributed by atoms with Gasteiger partial charge in [0.05, 0.1) is 17.7 Å². The lowest BCUT2D eigenvalue weighted by atomic mass is 9.68. The summed E-state index contributed by atoms with van der Waals surface area (Å²) in [5.41, 5.74) is 0.107. The summed E-state index contributed by atoms with van der Waals surface area (Å²) in [7, 11) is 1.81. The van der Waals surface area contributed by atoms with Crippen LogP contribution in [0.15, 0.2) is 12.4 Å². The van der Waals surface area contributed by atoms with Crippen molar-refractivity contribution in [2.45, 2.75) is 24.9 Å². The normalized spacial score (nSPS) is 29.9. The Morgan fingerprint density at radius 1 is 1.73 bits per heavy atom. The van der Waals surface area contributed by atoms with E-state index in [9.17, 15) is 9.90 Å². The van der Waals surface area contributed by atoms with Crippen molar-refractivity contribution in [3.05, 3.63) is 18.0 Å². The van der Waals surface area contributed by atoms with Crippen LogP contribution in [0, 0.1) is 5.92 Å². The van der Waals surface area contributed by atoms with Crippen molar-refractivity contribution in [3.8, 4) is 0 Å². The predicted octanol–water partition coefficient (Wildman–Crippen LogP) is 0.188. The molecule has 0 amide bonds. The number of rotatable bonds is 3. The number of aryl methyl sites for hydroxylation is 1. The molecule has 1 aliphatic rings. The molecule has 1 fully saturated rings. The zero-order valence-corrected chi connectivity index (χ0v) is 8.55. The van der Waals surface area contributed by atoms with E-state index in [0.29, 0.717) is 19.3 Å². The maximum absolute atomic E-state index is 10.6. The molecule has 1 saturated carbocycles. The molecule has 82 valence electrons. The lowest BCUT2D eigenvalue weighted by molar-refractivity contribution is -0.158. The monoisotopic (exact) mass is 210 g/mol. The van der Waals surface area contributed by atoms with Gasteiger partial charge in [0.2, 0.25) is 0 Å². The molecule has 15 heavy (non-hydrogen) atoms. The molecule has 0 aromatic carbocycles. The number of carboxylic acids is 1. The van der Waals surface area contributed by atoms with E-state index in [1.165, 1.54) is 0 Å². The Balaban J connectivity index is 1.94. The van der Waals surface area contributed by atoms with Crippen molar-refractivity contribution >= 4 is 5.97 Å². The highest BCUT2D eigenvalue weighted by molar-refractivity contribution is 5.71. The molecule has 5 nitrogen and oxygen atoms in total. The molecule has 0 spiro atoms. The topological polar surface area (TPSA) is 75.4 Å². The third-order valence-corrected chi connectivity index (χ3v) is 2.89. The van der Waals surface area contributed by atoms with E-state index in [-0.39, 0.29) is 5.92 Å². The van der Waals surface area contributed by atoms with Crippen molar-refractivity contribution in [2.75, 3.05) is 0 Å². The van der Waals surface area contributed by atoms with Gasteiger partial charge in [0, 0.05) is 19.7 Å². The minimum atomic E-state index is -0.841. The van der Waals surface area contributed by atoms with Crippen LogP contribution >= 0.6 is 0 Å². The predicted molar refractivity (Wildman–Crippen MR) is 52.2 cm³/mol. The molecule has 0 bridgehead atoms. The molecule has 0 unspecified atom stereocenters. The smallest absolute Gasteiger partial charge is 0.306 e. The second-order valence-corrected chi connectivity index (χ2v) is 4.37. The summed E-state index contributed by atoms with van der Waals surface area (Å²) >= 11 is 0. The summed E-state index contributed by atoms with van der Waals surface area (Å²) in [6.45, 7) is 0. The molecule has 2 N–H and O–H groups in total. The molecule has 1 aromatic heterocycles. The second-order valence-electron chi connectivity index (χ2n) is 4.37. The first kappa shape index (κ1) is 10.2. The van der Waals surface area contributed by atoms with Gasteiger partial charge < -0.3 is 10.2 Å². The second kappa shape index (κ2) is 3.34. The van der Waals surface area contributed by atoms with Crippen molar-refractivity contribution < 1.29 is 15.0 Å². The molecule has 2 rings (SSSR count). The van der Waals surface area contributed by atoms with Gasteiger partial charge >= 0.3 is 5.97 Å². The van der Waals surface area contributed by atoms with E-state index in [1.807, 2.05) is 13.2 Å². The minimum absolute atomic E-state index is 0.344. The van der Waals surface area contributed by atoms with Crippen LogP contribution in [0.4, 0.5) is 0 Å². The van der Waals surface area contributed by atoms with Crippen LogP contribution in [0.25, 0.3) is 0 Å². The fourth-order valence-electron chi connectivity index (χ4n) is 2.12. The molecule has 0 atom stereocenters. The Hall–Kier alpha value is -1.36. The van der Waals surface area contributed by atoms with E-state index in [1.54, 1.807) is 10.9 Å². The summed E-state index contributed by atoms with van der Waals surface area (Å²) in [4.78, 5) is 10.6. The SMILES string of the molecule is Cn1cc(CC2(O)CC(C(=O)O)C2)cn1. The molecule has 5 heteroatoms. The first-order valence-corrected chi connectivity index (χ1v) is 4.91. The molecule has 1 aliphatic carbocycles. The summed E-state index contributed by atoms with van der Waals surface area (Å²) in [6, 6.07) is 0. The van der Waals surface area contributed by atoms with Crippen LogP contribution in [-0.4, -0.2) is 31.6 Å². The van der Waals surface area contributed by atoms with Gasteiger partial charge in [0.25, 0.3) is 0 Å². The van der Waals surface area contributed by atoms with Gasteiger partial charge in [-0.15, -0.1) is 0 Å². The highest BCUT2D eigenvalue weighted by Gasteiger charge is 2.46. The van der Waals surface area contributed by atoms with Crippen LogP contribution in [0.2, 0.25) is 0 Å². The van der Waals surface area contributed by atoms with Crippen molar-refractivity contribution in [3.63, 3.8) is 0 Å². The third-order valence-electron chi connectivity index (χ3n) is 2.89. The lowest BCUT2D eigenvalue weighted by Gasteiger charge is -2.41. The fraction of sp³-hybridized carbons (Fsp3) is 0.600.